The van der Waals surface area contributed by atoms with E-state index in [-0.39, 0.29) is 5.41 Å². The highest BCUT2D eigenvalue weighted by molar-refractivity contribution is 9.10. The predicted octanol–water partition coefficient (Wildman–Crippen LogP) is 3.55. The quantitative estimate of drug-likeness (QED) is 0.877. The summed E-state index contributed by atoms with van der Waals surface area (Å²) in [5.41, 5.74) is 1.55. The largest absolute Gasteiger partial charge is 0.492 e. The van der Waals surface area contributed by atoms with Gasteiger partial charge < -0.3 is 14.8 Å². The maximum atomic E-state index is 5.95. The molecule has 1 unspecified atom stereocenters. The van der Waals surface area contributed by atoms with Gasteiger partial charge in [0.1, 0.15) is 5.75 Å². The Morgan fingerprint density at radius 3 is 2.86 bits per heavy atom. The summed E-state index contributed by atoms with van der Waals surface area (Å²) in [5.74, 6) is 0.934. The van der Waals surface area contributed by atoms with Crippen LogP contribution in [0.1, 0.15) is 31.7 Å². The van der Waals surface area contributed by atoms with Gasteiger partial charge in [0.25, 0.3) is 0 Å². The van der Waals surface area contributed by atoms with Gasteiger partial charge in [-0.2, -0.15) is 0 Å². The SMILES string of the molecule is CC1(COc2ccc(CC3CCCCN3)cc2Br)COC1. The van der Waals surface area contributed by atoms with Crippen LogP contribution in [0, 0.1) is 5.41 Å². The summed E-state index contributed by atoms with van der Waals surface area (Å²) in [6.45, 7) is 5.68. The summed E-state index contributed by atoms with van der Waals surface area (Å²) in [6, 6.07) is 7.11. The zero-order chi connectivity index (χ0) is 14.7. The summed E-state index contributed by atoms with van der Waals surface area (Å²) >= 11 is 3.64. The van der Waals surface area contributed by atoms with Crippen LogP contribution in [0.25, 0.3) is 0 Å². The maximum absolute atomic E-state index is 5.95. The summed E-state index contributed by atoms with van der Waals surface area (Å²) in [7, 11) is 0. The molecule has 1 atom stereocenters. The molecule has 2 fully saturated rings. The van der Waals surface area contributed by atoms with Crippen molar-refractivity contribution in [3.63, 3.8) is 0 Å². The van der Waals surface area contributed by atoms with Gasteiger partial charge in [0.05, 0.1) is 24.3 Å². The minimum absolute atomic E-state index is 0.185. The van der Waals surface area contributed by atoms with E-state index in [1.807, 2.05) is 0 Å². The molecule has 2 heterocycles. The second-order valence-corrected chi connectivity index (χ2v) is 7.56. The number of hydrogen-bond donors (Lipinski definition) is 1. The molecule has 3 rings (SSSR count). The minimum atomic E-state index is 0.185. The van der Waals surface area contributed by atoms with E-state index in [1.54, 1.807) is 0 Å². The fourth-order valence-electron chi connectivity index (χ4n) is 2.96. The number of piperidine rings is 1. The molecule has 1 aromatic carbocycles. The number of rotatable bonds is 5. The molecule has 0 saturated carbocycles. The van der Waals surface area contributed by atoms with Crippen molar-refractivity contribution in [1.29, 1.82) is 0 Å². The minimum Gasteiger partial charge on any atom is -0.492 e. The lowest BCUT2D eigenvalue weighted by Crippen LogP contribution is -2.44. The normalized spacial score (nSPS) is 24.4. The Kier molecular flexibility index (Phi) is 4.87. The number of hydrogen-bond acceptors (Lipinski definition) is 3. The molecule has 0 aromatic heterocycles. The molecule has 4 heteroatoms. The second-order valence-electron chi connectivity index (χ2n) is 6.71. The van der Waals surface area contributed by atoms with Crippen molar-refractivity contribution in [2.24, 2.45) is 5.41 Å². The van der Waals surface area contributed by atoms with Crippen LogP contribution in [0.15, 0.2) is 22.7 Å². The third-order valence-electron chi connectivity index (χ3n) is 4.37. The van der Waals surface area contributed by atoms with E-state index in [9.17, 15) is 0 Å². The molecule has 116 valence electrons. The van der Waals surface area contributed by atoms with Crippen LogP contribution in [0.4, 0.5) is 0 Å². The first-order valence-electron chi connectivity index (χ1n) is 7.87. The van der Waals surface area contributed by atoms with E-state index in [0.717, 1.165) is 43.0 Å². The van der Waals surface area contributed by atoms with Crippen LogP contribution < -0.4 is 10.1 Å². The maximum Gasteiger partial charge on any atom is 0.133 e. The number of nitrogens with one attached hydrogen (secondary N) is 1. The van der Waals surface area contributed by atoms with Crippen LogP contribution in [-0.2, 0) is 11.2 Å². The first-order valence-corrected chi connectivity index (χ1v) is 8.66. The Balaban J connectivity index is 1.56. The van der Waals surface area contributed by atoms with Crippen LogP contribution in [0.3, 0.4) is 0 Å². The lowest BCUT2D eigenvalue weighted by molar-refractivity contribution is -0.120. The summed E-state index contributed by atoms with van der Waals surface area (Å²) in [4.78, 5) is 0. The Labute approximate surface area is 135 Å². The molecule has 3 nitrogen and oxygen atoms in total. The zero-order valence-electron chi connectivity index (χ0n) is 12.7. The fourth-order valence-corrected chi connectivity index (χ4v) is 3.50. The van der Waals surface area contributed by atoms with E-state index in [1.165, 1.54) is 24.8 Å². The van der Waals surface area contributed by atoms with Crippen LogP contribution in [0.5, 0.6) is 5.75 Å². The van der Waals surface area contributed by atoms with Crippen molar-refractivity contribution in [1.82, 2.24) is 5.32 Å². The monoisotopic (exact) mass is 353 g/mol. The smallest absolute Gasteiger partial charge is 0.133 e. The molecule has 0 aliphatic carbocycles. The van der Waals surface area contributed by atoms with Crippen LogP contribution >= 0.6 is 15.9 Å². The van der Waals surface area contributed by atoms with E-state index in [2.05, 4.69) is 46.4 Å². The van der Waals surface area contributed by atoms with Gasteiger partial charge in [0, 0.05) is 11.5 Å². The molecular weight excluding hydrogens is 330 g/mol. The van der Waals surface area contributed by atoms with Gasteiger partial charge >= 0.3 is 0 Å². The van der Waals surface area contributed by atoms with Crippen molar-refractivity contribution in [2.75, 3.05) is 26.4 Å². The molecular formula is C17H24BrNO2. The van der Waals surface area contributed by atoms with Crippen molar-refractivity contribution >= 4 is 15.9 Å². The molecule has 0 bridgehead atoms. The van der Waals surface area contributed by atoms with Crippen LogP contribution in [-0.4, -0.2) is 32.4 Å². The third-order valence-corrected chi connectivity index (χ3v) is 4.99. The molecule has 0 radical (unpaired) electrons. The van der Waals surface area contributed by atoms with Crippen LogP contribution in [0.2, 0.25) is 0 Å². The van der Waals surface area contributed by atoms with Gasteiger partial charge in [-0.1, -0.05) is 19.4 Å². The summed E-state index contributed by atoms with van der Waals surface area (Å²) in [6.07, 6.45) is 5.05. The van der Waals surface area contributed by atoms with Gasteiger partial charge in [0.15, 0.2) is 0 Å². The Bertz CT molecular complexity index is 482. The third kappa shape index (κ3) is 3.99. The first-order chi connectivity index (χ1) is 10.1. The van der Waals surface area contributed by atoms with Gasteiger partial charge in [0.2, 0.25) is 0 Å². The van der Waals surface area contributed by atoms with Crippen molar-refractivity contribution in [3.8, 4) is 5.75 Å². The van der Waals surface area contributed by atoms with E-state index in [0.29, 0.717) is 6.04 Å². The molecule has 1 aromatic rings. The predicted molar refractivity (Wildman–Crippen MR) is 87.9 cm³/mol. The molecule has 0 amide bonds. The summed E-state index contributed by atoms with van der Waals surface area (Å²) < 4.78 is 12.3. The van der Waals surface area contributed by atoms with E-state index < -0.39 is 0 Å². The molecule has 2 aliphatic rings. The fraction of sp³-hybridized carbons (Fsp3) is 0.647. The van der Waals surface area contributed by atoms with Gasteiger partial charge in [-0.3, -0.25) is 0 Å². The topological polar surface area (TPSA) is 30.5 Å². The van der Waals surface area contributed by atoms with Crippen molar-refractivity contribution in [2.45, 2.75) is 38.6 Å². The Hall–Kier alpha value is -0.580. The lowest BCUT2D eigenvalue weighted by atomic mass is 9.90. The van der Waals surface area contributed by atoms with Crippen molar-refractivity contribution < 1.29 is 9.47 Å². The molecule has 21 heavy (non-hydrogen) atoms. The molecule has 2 saturated heterocycles. The Morgan fingerprint density at radius 2 is 2.24 bits per heavy atom. The molecule has 1 N–H and O–H groups in total. The van der Waals surface area contributed by atoms with Gasteiger partial charge in [-0.25, -0.2) is 0 Å². The highest BCUT2D eigenvalue weighted by atomic mass is 79.9. The number of benzene rings is 1. The second kappa shape index (κ2) is 6.67. The highest BCUT2D eigenvalue weighted by Crippen LogP contribution is 2.31. The standard InChI is InChI=1S/C17H24BrNO2/c1-17(10-20-11-17)12-21-16-6-5-13(9-15(16)18)8-14-4-2-3-7-19-14/h5-6,9,14,19H,2-4,7-8,10-12H2,1H3. The van der Waals surface area contributed by atoms with Gasteiger partial charge in [-0.05, 0) is 59.4 Å². The number of ether oxygens (including phenoxy) is 2. The van der Waals surface area contributed by atoms with Crippen molar-refractivity contribution in [3.05, 3.63) is 28.2 Å². The van der Waals surface area contributed by atoms with E-state index in [4.69, 9.17) is 9.47 Å². The average molecular weight is 354 g/mol. The van der Waals surface area contributed by atoms with E-state index >= 15 is 0 Å². The zero-order valence-corrected chi connectivity index (χ0v) is 14.2. The summed E-state index contributed by atoms with van der Waals surface area (Å²) in [5, 5.41) is 3.60. The average Bonchev–Trinajstić information content (AvgIpc) is 2.45. The molecule has 2 aliphatic heterocycles. The lowest BCUT2D eigenvalue weighted by Gasteiger charge is -2.37. The molecule has 0 spiro atoms. The van der Waals surface area contributed by atoms with Gasteiger partial charge in [-0.15, -0.1) is 0 Å². The Morgan fingerprint density at radius 1 is 1.38 bits per heavy atom. The highest BCUT2D eigenvalue weighted by Gasteiger charge is 2.34. The first kappa shape index (κ1) is 15.3. The number of halogens is 1.